The Hall–Kier alpha value is -2.62. The van der Waals surface area contributed by atoms with Crippen molar-refractivity contribution in [2.75, 3.05) is 7.11 Å². The number of hydrogen-bond donors (Lipinski definition) is 0. The van der Waals surface area contributed by atoms with Gasteiger partial charge in [0.2, 0.25) is 0 Å². The van der Waals surface area contributed by atoms with E-state index in [0.717, 1.165) is 13.2 Å². The first-order valence-electron chi connectivity index (χ1n) is 6.72. The number of carbonyl (C=O) groups excluding carboxylic acids is 1. The molecule has 0 aliphatic rings. The Morgan fingerprint density at radius 2 is 1.84 bits per heavy atom. The normalized spacial score (nSPS) is 11.9. The van der Waals surface area contributed by atoms with Crippen LogP contribution >= 0.6 is 0 Å². The Bertz CT molecular complexity index is 910. The fraction of sp³-hybridized carbons (Fsp3) is 0.200. The zero-order valence-electron chi connectivity index (χ0n) is 13.0. The van der Waals surface area contributed by atoms with Crippen molar-refractivity contribution in [2.45, 2.75) is 12.4 Å². The summed E-state index contributed by atoms with van der Waals surface area (Å²) in [6.07, 6.45) is 0. The van der Waals surface area contributed by atoms with Gasteiger partial charge in [-0.3, -0.25) is 4.98 Å². The molecular formula is C15H12F3NO5S. The van der Waals surface area contributed by atoms with Gasteiger partial charge in [-0.2, -0.15) is 21.6 Å². The molecule has 2 aromatic rings. The van der Waals surface area contributed by atoms with Crippen LogP contribution in [0.4, 0.5) is 13.2 Å². The predicted octanol–water partition coefficient (Wildman–Crippen LogP) is 3.07. The van der Waals surface area contributed by atoms with E-state index in [9.17, 15) is 26.4 Å². The SMILES string of the molecule is COC(=O)c1ccc(-c2cccc(C)n2)c(OS(=O)(=O)C(F)(F)F)c1. The number of halogens is 3. The summed E-state index contributed by atoms with van der Waals surface area (Å²) in [5.41, 5.74) is -5.08. The van der Waals surface area contributed by atoms with Crippen molar-refractivity contribution in [1.29, 1.82) is 0 Å². The molecule has 0 saturated carbocycles. The van der Waals surface area contributed by atoms with Crippen LogP contribution in [-0.4, -0.2) is 32.0 Å². The number of ether oxygens (including phenoxy) is 1. The Labute approximate surface area is 141 Å². The van der Waals surface area contributed by atoms with E-state index in [1.54, 1.807) is 19.1 Å². The van der Waals surface area contributed by atoms with Crippen molar-refractivity contribution in [1.82, 2.24) is 4.98 Å². The van der Waals surface area contributed by atoms with Crippen molar-refractivity contribution in [3.63, 3.8) is 0 Å². The highest BCUT2D eigenvalue weighted by molar-refractivity contribution is 7.88. The van der Waals surface area contributed by atoms with Crippen molar-refractivity contribution in [3.8, 4) is 17.0 Å². The molecule has 0 fully saturated rings. The van der Waals surface area contributed by atoms with Crippen molar-refractivity contribution in [2.24, 2.45) is 0 Å². The smallest absolute Gasteiger partial charge is 0.465 e. The van der Waals surface area contributed by atoms with Crippen LogP contribution in [0.2, 0.25) is 0 Å². The Morgan fingerprint density at radius 1 is 1.16 bits per heavy atom. The molecule has 1 heterocycles. The molecule has 0 bridgehead atoms. The summed E-state index contributed by atoms with van der Waals surface area (Å²) in [7, 11) is -4.85. The number of hydrogen-bond acceptors (Lipinski definition) is 6. The molecule has 0 spiro atoms. The molecule has 2 rings (SSSR count). The van der Waals surface area contributed by atoms with Gasteiger partial charge in [0.05, 0.1) is 18.4 Å². The van der Waals surface area contributed by atoms with Gasteiger partial charge in [0.15, 0.2) is 5.75 Å². The number of rotatable bonds is 4. The van der Waals surface area contributed by atoms with Crippen LogP contribution in [0.5, 0.6) is 5.75 Å². The maximum absolute atomic E-state index is 12.6. The molecule has 0 aliphatic heterocycles. The van der Waals surface area contributed by atoms with Gasteiger partial charge in [-0.05, 0) is 37.3 Å². The van der Waals surface area contributed by atoms with Crippen LogP contribution in [0, 0.1) is 6.92 Å². The minimum atomic E-state index is -5.92. The lowest BCUT2D eigenvalue weighted by molar-refractivity contribution is -0.0499. The topological polar surface area (TPSA) is 82.6 Å². The summed E-state index contributed by atoms with van der Waals surface area (Å²) < 4.78 is 69.2. The number of carbonyl (C=O) groups is 1. The third kappa shape index (κ3) is 4.08. The zero-order valence-corrected chi connectivity index (χ0v) is 13.8. The summed E-state index contributed by atoms with van der Waals surface area (Å²) in [6.45, 7) is 1.65. The number of methoxy groups -OCH3 is 1. The summed E-state index contributed by atoms with van der Waals surface area (Å²) in [4.78, 5) is 15.7. The van der Waals surface area contributed by atoms with Gasteiger partial charge in [-0.15, -0.1) is 0 Å². The summed E-state index contributed by atoms with van der Waals surface area (Å²) in [5, 5.41) is 0. The minimum Gasteiger partial charge on any atom is -0.465 e. The van der Waals surface area contributed by atoms with E-state index in [-0.39, 0.29) is 16.8 Å². The number of aromatic nitrogens is 1. The molecular weight excluding hydrogens is 363 g/mol. The van der Waals surface area contributed by atoms with E-state index < -0.39 is 27.3 Å². The van der Waals surface area contributed by atoms with Gasteiger partial charge in [-0.1, -0.05) is 6.07 Å². The Kier molecular flexibility index (Phi) is 5.02. The van der Waals surface area contributed by atoms with E-state index >= 15 is 0 Å². The van der Waals surface area contributed by atoms with Crippen LogP contribution in [0.15, 0.2) is 36.4 Å². The Morgan fingerprint density at radius 3 is 2.40 bits per heavy atom. The third-order valence-electron chi connectivity index (χ3n) is 3.05. The number of aryl methyl sites for hydroxylation is 1. The second-order valence-electron chi connectivity index (χ2n) is 4.85. The predicted molar refractivity (Wildman–Crippen MR) is 81.4 cm³/mol. The first kappa shape index (κ1) is 18.7. The van der Waals surface area contributed by atoms with Gasteiger partial charge in [0.25, 0.3) is 0 Å². The van der Waals surface area contributed by atoms with Gasteiger partial charge < -0.3 is 8.92 Å². The molecule has 0 N–H and O–H groups in total. The fourth-order valence-corrected chi connectivity index (χ4v) is 2.37. The molecule has 0 unspecified atom stereocenters. The quantitative estimate of drug-likeness (QED) is 0.464. The molecule has 0 atom stereocenters. The van der Waals surface area contributed by atoms with Crippen molar-refractivity contribution in [3.05, 3.63) is 47.7 Å². The number of pyridine rings is 1. The molecule has 0 saturated heterocycles. The van der Waals surface area contributed by atoms with Crippen LogP contribution in [0.3, 0.4) is 0 Å². The average Bonchev–Trinajstić information content (AvgIpc) is 2.52. The maximum atomic E-state index is 12.6. The van der Waals surface area contributed by atoms with E-state index in [4.69, 9.17) is 0 Å². The first-order chi connectivity index (χ1) is 11.5. The van der Waals surface area contributed by atoms with Crippen molar-refractivity contribution < 1.29 is 35.3 Å². The second-order valence-corrected chi connectivity index (χ2v) is 6.39. The monoisotopic (exact) mass is 375 g/mol. The lowest BCUT2D eigenvalue weighted by Gasteiger charge is -2.14. The van der Waals surface area contributed by atoms with Gasteiger partial charge in [-0.25, -0.2) is 4.79 Å². The largest absolute Gasteiger partial charge is 0.534 e. The number of alkyl halides is 3. The standard InChI is InChI=1S/C15H12F3NO5S/c1-9-4-3-5-12(19-9)11-7-6-10(14(20)23-2)8-13(11)24-25(21,22)15(16,17)18/h3-8H,1-2H3. The fourth-order valence-electron chi connectivity index (χ4n) is 1.91. The molecule has 0 aliphatic carbocycles. The molecule has 0 amide bonds. The number of esters is 1. The van der Waals surface area contributed by atoms with E-state index in [1.807, 2.05) is 0 Å². The molecule has 25 heavy (non-hydrogen) atoms. The Balaban J connectivity index is 2.62. The average molecular weight is 375 g/mol. The van der Waals surface area contributed by atoms with Gasteiger partial charge in [0, 0.05) is 11.3 Å². The van der Waals surface area contributed by atoms with E-state index in [0.29, 0.717) is 5.69 Å². The highest BCUT2D eigenvalue weighted by Gasteiger charge is 2.49. The van der Waals surface area contributed by atoms with Crippen molar-refractivity contribution >= 4 is 16.1 Å². The van der Waals surface area contributed by atoms with Crippen LogP contribution in [0.1, 0.15) is 16.1 Å². The van der Waals surface area contributed by atoms with Crippen LogP contribution < -0.4 is 4.18 Å². The molecule has 10 heteroatoms. The molecule has 1 aromatic heterocycles. The number of benzene rings is 1. The van der Waals surface area contributed by atoms with E-state index in [1.165, 1.54) is 18.2 Å². The van der Waals surface area contributed by atoms with E-state index in [2.05, 4.69) is 13.9 Å². The molecule has 1 aromatic carbocycles. The van der Waals surface area contributed by atoms with Crippen LogP contribution in [-0.2, 0) is 14.9 Å². The lowest BCUT2D eigenvalue weighted by Crippen LogP contribution is -2.28. The first-order valence-corrected chi connectivity index (χ1v) is 8.13. The molecule has 6 nitrogen and oxygen atoms in total. The molecule has 0 radical (unpaired) electrons. The highest BCUT2D eigenvalue weighted by Crippen LogP contribution is 2.34. The lowest BCUT2D eigenvalue weighted by atomic mass is 10.1. The summed E-state index contributed by atoms with van der Waals surface area (Å²) >= 11 is 0. The highest BCUT2D eigenvalue weighted by atomic mass is 32.2. The maximum Gasteiger partial charge on any atom is 0.534 e. The van der Waals surface area contributed by atoms with Crippen LogP contribution in [0.25, 0.3) is 11.3 Å². The van der Waals surface area contributed by atoms with Gasteiger partial charge in [0.1, 0.15) is 0 Å². The molecule has 134 valence electrons. The summed E-state index contributed by atoms with van der Waals surface area (Å²) in [6, 6.07) is 8.06. The zero-order chi connectivity index (χ0) is 18.8. The summed E-state index contributed by atoms with van der Waals surface area (Å²) in [5.74, 6) is -1.55. The number of nitrogens with zero attached hydrogens (tertiary/aromatic N) is 1. The third-order valence-corrected chi connectivity index (χ3v) is 4.02. The minimum absolute atomic E-state index is 0.0239. The van der Waals surface area contributed by atoms with Gasteiger partial charge >= 0.3 is 21.6 Å². The second kappa shape index (κ2) is 6.71.